The molecule has 0 atom stereocenters. The molecular formula is C17H15ClN6O2. The zero-order valence-corrected chi connectivity index (χ0v) is 14.5. The van der Waals surface area contributed by atoms with Crippen molar-refractivity contribution in [2.24, 2.45) is 0 Å². The molecule has 1 aliphatic heterocycles. The highest BCUT2D eigenvalue weighted by Gasteiger charge is 2.27. The van der Waals surface area contributed by atoms with Crippen molar-refractivity contribution in [3.8, 4) is 11.5 Å². The fraction of sp³-hybridized carbons (Fsp3) is 0.235. The van der Waals surface area contributed by atoms with Gasteiger partial charge in [-0.2, -0.15) is 0 Å². The normalized spacial score (nSPS) is 14.5. The molecule has 9 heteroatoms. The summed E-state index contributed by atoms with van der Waals surface area (Å²) in [6.45, 7) is 2.34. The Hall–Kier alpha value is -3.00. The minimum Gasteiger partial charge on any atom is -0.412 e. The number of aromatic nitrogens is 4. The molecule has 1 aromatic carbocycles. The molecule has 0 bridgehead atoms. The maximum Gasteiger partial charge on any atom is 0.311 e. The first-order chi connectivity index (χ1) is 12.7. The second-order valence-corrected chi connectivity index (χ2v) is 6.13. The fourth-order valence-corrected chi connectivity index (χ4v) is 2.97. The average Bonchev–Trinajstić information content (AvgIpc) is 3.18. The first kappa shape index (κ1) is 16.5. The van der Waals surface area contributed by atoms with Crippen LogP contribution >= 0.6 is 11.6 Å². The fourth-order valence-electron chi connectivity index (χ4n) is 2.75. The van der Waals surface area contributed by atoms with Gasteiger partial charge in [-0.25, -0.2) is 9.97 Å². The van der Waals surface area contributed by atoms with Crippen LogP contribution in [-0.2, 0) is 0 Å². The predicted molar refractivity (Wildman–Crippen MR) is 94.9 cm³/mol. The van der Waals surface area contributed by atoms with Gasteiger partial charge in [-0.05, 0) is 18.2 Å². The Morgan fingerprint density at radius 3 is 2.46 bits per heavy atom. The van der Waals surface area contributed by atoms with Crippen molar-refractivity contribution in [1.29, 1.82) is 0 Å². The van der Waals surface area contributed by atoms with E-state index in [9.17, 15) is 4.79 Å². The van der Waals surface area contributed by atoms with Crippen molar-refractivity contribution in [3.05, 3.63) is 53.6 Å². The Balaban J connectivity index is 1.44. The summed E-state index contributed by atoms with van der Waals surface area (Å²) in [5, 5.41) is 8.32. The maximum atomic E-state index is 12.6. The third kappa shape index (κ3) is 3.23. The summed E-state index contributed by atoms with van der Waals surface area (Å²) in [7, 11) is 0. The third-order valence-electron chi connectivity index (χ3n) is 4.11. The molecule has 0 radical (unpaired) electrons. The highest BCUT2D eigenvalue weighted by molar-refractivity contribution is 6.33. The molecule has 3 heterocycles. The van der Waals surface area contributed by atoms with E-state index >= 15 is 0 Å². The van der Waals surface area contributed by atoms with Crippen LogP contribution in [0.1, 0.15) is 10.7 Å². The second kappa shape index (κ2) is 7.09. The molecule has 26 heavy (non-hydrogen) atoms. The zero-order valence-electron chi connectivity index (χ0n) is 13.7. The van der Waals surface area contributed by atoms with Crippen LogP contribution in [0.5, 0.6) is 0 Å². The van der Waals surface area contributed by atoms with Gasteiger partial charge in [0.05, 0.1) is 10.6 Å². The van der Waals surface area contributed by atoms with Gasteiger partial charge in [0.15, 0.2) is 0 Å². The lowest BCUT2D eigenvalue weighted by atomic mass is 10.2. The van der Waals surface area contributed by atoms with Gasteiger partial charge in [0, 0.05) is 38.6 Å². The first-order valence-corrected chi connectivity index (χ1v) is 8.50. The summed E-state index contributed by atoms with van der Waals surface area (Å²) in [5.74, 6) is 0.572. The highest BCUT2D eigenvalue weighted by atomic mass is 35.5. The highest BCUT2D eigenvalue weighted by Crippen LogP contribution is 2.26. The van der Waals surface area contributed by atoms with Crippen LogP contribution in [-0.4, -0.2) is 57.2 Å². The molecule has 0 unspecified atom stereocenters. The van der Waals surface area contributed by atoms with Crippen molar-refractivity contribution in [1.82, 2.24) is 25.1 Å². The number of benzene rings is 1. The van der Waals surface area contributed by atoms with Crippen molar-refractivity contribution in [2.75, 3.05) is 31.1 Å². The smallest absolute Gasteiger partial charge is 0.311 e. The summed E-state index contributed by atoms with van der Waals surface area (Å²) in [4.78, 5) is 24.8. The van der Waals surface area contributed by atoms with E-state index in [0.717, 1.165) is 0 Å². The molecule has 0 N–H and O–H groups in total. The third-order valence-corrected chi connectivity index (χ3v) is 4.44. The lowest BCUT2D eigenvalue weighted by Crippen LogP contribution is -2.49. The van der Waals surface area contributed by atoms with Crippen LogP contribution in [0.15, 0.2) is 47.1 Å². The van der Waals surface area contributed by atoms with E-state index in [1.165, 1.54) is 0 Å². The number of rotatable bonds is 3. The van der Waals surface area contributed by atoms with Crippen molar-refractivity contribution in [3.63, 3.8) is 0 Å². The zero-order chi connectivity index (χ0) is 17.9. The number of nitrogens with zero attached hydrogens (tertiary/aromatic N) is 6. The number of hydrogen-bond acceptors (Lipinski definition) is 7. The molecule has 0 spiro atoms. The number of hydrogen-bond donors (Lipinski definition) is 0. The SMILES string of the molecule is O=C(c1nnc(-c2ccccc2Cl)o1)N1CCN(c2ncccn2)CC1. The van der Waals surface area contributed by atoms with Crippen molar-refractivity contribution in [2.45, 2.75) is 0 Å². The Morgan fingerprint density at radius 1 is 1.00 bits per heavy atom. The number of amides is 1. The summed E-state index contributed by atoms with van der Waals surface area (Å²) >= 11 is 6.13. The molecule has 8 nitrogen and oxygen atoms in total. The van der Waals surface area contributed by atoms with Crippen molar-refractivity contribution < 1.29 is 9.21 Å². The molecule has 3 aromatic rings. The summed E-state index contributed by atoms with van der Waals surface area (Å²) < 4.78 is 5.54. The number of halogens is 1. The topological polar surface area (TPSA) is 88.3 Å². The number of carbonyl (C=O) groups is 1. The summed E-state index contributed by atoms with van der Waals surface area (Å²) in [5.41, 5.74) is 0.603. The molecular weight excluding hydrogens is 356 g/mol. The molecule has 132 valence electrons. The largest absolute Gasteiger partial charge is 0.412 e. The van der Waals surface area contributed by atoms with Gasteiger partial charge in [-0.3, -0.25) is 4.79 Å². The van der Waals surface area contributed by atoms with Gasteiger partial charge >= 0.3 is 11.8 Å². The standard InChI is InChI=1S/C17H15ClN6O2/c18-13-5-2-1-4-12(13)14-21-22-15(26-14)16(25)23-8-10-24(11-9-23)17-19-6-3-7-20-17/h1-7H,8-11H2. The van der Waals surface area contributed by atoms with Gasteiger partial charge in [0.2, 0.25) is 11.8 Å². The van der Waals surface area contributed by atoms with E-state index in [1.54, 1.807) is 35.5 Å². The van der Waals surface area contributed by atoms with E-state index in [2.05, 4.69) is 20.2 Å². The van der Waals surface area contributed by atoms with Gasteiger partial charge in [-0.15, -0.1) is 10.2 Å². The van der Waals surface area contributed by atoms with Gasteiger partial charge in [0.1, 0.15) is 0 Å². The predicted octanol–water partition coefficient (Wildman–Crippen LogP) is 2.14. The maximum absolute atomic E-state index is 12.6. The van der Waals surface area contributed by atoms with Crippen LogP contribution < -0.4 is 4.90 Å². The van der Waals surface area contributed by atoms with E-state index in [4.69, 9.17) is 16.0 Å². The minimum atomic E-state index is -0.288. The second-order valence-electron chi connectivity index (χ2n) is 5.72. The molecule has 1 fully saturated rings. The van der Waals surface area contributed by atoms with E-state index in [-0.39, 0.29) is 17.7 Å². The Labute approximate surface area is 154 Å². The number of carbonyl (C=O) groups excluding carboxylic acids is 1. The Kier molecular flexibility index (Phi) is 4.49. The number of anilines is 1. The van der Waals surface area contributed by atoms with Gasteiger partial charge < -0.3 is 14.2 Å². The minimum absolute atomic E-state index is 0.0377. The van der Waals surface area contributed by atoms with Gasteiger partial charge in [-0.1, -0.05) is 23.7 Å². The Bertz CT molecular complexity index is 908. The van der Waals surface area contributed by atoms with Crippen LogP contribution in [0.3, 0.4) is 0 Å². The molecule has 1 amide bonds. The summed E-state index contributed by atoms with van der Waals surface area (Å²) in [6, 6.07) is 8.90. The monoisotopic (exact) mass is 370 g/mol. The lowest BCUT2D eigenvalue weighted by molar-refractivity contribution is 0.0706. The van der Waals surface area contributed by atoms with E-state index < -0.39 is 0 Å². The van der Waals surface area contributed by atoms with E-state index in [1.807, 2.05) is 17.0 Å². The molecule has 1 saturated heterocycles. The van der Waals surface area contributed by atoms with Crippen molar-refractivity contribution >= 4 is 23.5 Å². The van der Waals surface area contributed by atoms with Crippen LogP contribution in [0, 0.1) is 0 Å². The lowest BCUT2D eigenvalue weighted by Gasteiger charge is -2.33. The molecule has 0 aliphatic carbocycles. The first-order valence-electron chi connectivity index (χ1n) is 8.12. The molecule has 0 saturated carbocycles. The Morgan fingerprint density at radius 2 is 1.73 bits per heavy atom. The molecule has 2 aromatic heterocycles. The average molecular weight is 371 g/mol. The molecule has 4 rings (SSSR count). The van der Waals surface area contributed by atoms with Crippen LogP contribution in [0.2, 0.25) is 5.02 Å². The molecule has 1 aliphatic rings. The quantitative estimate of drug-likeness (QED) is 0.697. The van der Waals surface area contributed by atoms with E-state index in [0.29, 0.717) is 42.7 Å². The number of piperazine rings is 1. The van der Waals surface area contributed by atoms with Crippen LogP contribution in [0.4, 0.5) is 5.95 Å². The van der Waals surface area contributed by atoms with Crippen LogP contribution in [0.25, 0.3) is 11.5 Å². The summed E-state index contributed by atoms with van der Waals surface area (Å²) in [6.07, 6.45) is 3.41. The van der Waals surface area contributed by atoms with Gasteiger partial charge in [0.25, 0.3) is 0 Å².